The maximum atomic E-state index is 13.8. The molecule has 2 aromatic carbocycles. The monoisotopic (exact) mass is 313 g/mol. The number of amides is 1. The van der Waals surface area contributed by atoms with Gasteiger partial charge in [0, 0.05) is 29.8 Å². The molecular formula is C19H17F2NO. The first-order valence-electron chi connectivity index (χ1n) is 7.62. The van der Waals surface area contributed by atoms with Gasteiger partial charge >= 0.3 is 0 Å². The van der Waals surface area contributed by atoms with E-state index >= 15 is 0 Å². The van der Waals surface area contributed by atoms with Crippen molar-refractivity contribution in [3.05, 3.63) is 77.4 Å². The summed E-state index contributed by atoms with van der Waals surface area (Å²) in [6.07, 6.45) is 4.67. The van der Waals surface area contributed by atoms with Gasteiger partial charge in [0.2, 0.25) is 5.91 Å². The van der Waals surface area contributed by atoms with Crippen LogP contribution in [0.15, 0.2) is 54.6 Å². The van der Waals surface area contributed by atoms with Crippen molar-refractivity contribution in [3.63, 3.8) is 0 Å². The van der Waals surface area contributed by atoms with E-state index in [1.54, 1.807) is 41.3 Å². The van der Waals surface area contributed by atoms with E-state index in [-0.39, 0.29) is 30.1 Å². The average Bonchev–Trinajstić information content (AvgIpc) is 3.38. The zero-order valence-electron chi connectivity index (χ0n) is 12.6. The predicted octanol–water partition coefficient (Wildman–Crippen LogP) is 4.17. The summed E-state index contributed by atoms with van der Waals surface area (Å²) in [5.74, 6) is -0.910. The number of halogens is 2. The van der Waals surface area contributed by atoms with E-state index in [0.29, 0.717) is 11.1 Å². The molecular weight excluding hydrogens is 296 g/mol. The summed E-state index contributed by atoms with van der Waals surface area (Å²) in [7, 11) is 0. The van der Waals surface area contributed by atoms with Crippen LogP contribution in [-0.4, -0.2) is 16.8 Å². The van der Waals surface area contributed by atoms with Crippen LogP contribution in [0.3, 0.4) is 0 Å². The van der Waals surface area contributed by atoms with E-state index in [1.165, 1.54) is 24.3 Å². The maximum Gasteiger partial charge on any atom is 0.247 e. The van der Waals surface area contributed by atoms with Crippen LogP contribution in [0.25, 0.3) is 6.08 Å². The van der Waals surface area contributed by atoms with E-state index in [1.807, 2.05) is 0 Å². The molecule has 1 amide bonds. The van der Waals surface area contributed by atoms with Crippen LogP contribution in [0.2, 0.25) is 0 Å². The Morgan fingerprint density at radius 1 is 1.04 bits per heavy atom. The molecule has 118 valence electrons. The fraction of sp³-hybridized carbons (Fsp3) is 0.211. The summed E-state index contributed by atoms with van der Waals surface area (Å²) >= 11 is 0. The molecule has 1 fully saturated rings. The van der Waals surface area contributed by atoms with Crippen molar-refractivity contribution in [1.82, 2.24) is 4.90 Å². The van der Waals surface area contributed by atoms with Crippen LogP contribution in [0.4, 0.5) is 8.78 Å². The number of hydrogen-bond acceptors (Lipinski definition) is 1. The van der Waals surface area contributed by atoms with Gasteiger partial charge in [-0.05, 0) is 31.1 Å². The molecule has 0 unspecified atom stereocenters. The van der Waals surface area contributed by atoms with E-state index in [2.05, 4.69) is 0 Å². The Labute approximate surface area is 134 Å². The first-order valence-corrected chi connectivity index (χ1v) is 7.62. The molecule has 3 rings (SSSR count). The van der Waals surface area contributed by atoms with Gasteiger partial charge in [0.1, 0.15) is 11.6 Å². The summed E-state index contributed by atoms with van der Waals surface area (Å²) in [6, 6.07) is 12.9. The summed E-state index contributed by atoms with van der Waals surface area (Å²) < 4.78 is 27.4. The van der Waals surface area contributed by atoms with Gasteiger partial charge in [0.15, 0.2) is 0 Å². The number of hydrogen-bond donors (Lipinski definition) is 0. The van der Waals surface area contributed by atoms with Gasteiger partial charge in [-0.3, -0.25) is 4.79 Å². The number of carbonyl (C=O) groups excluding carboxylic acids is 1. The predicted molar refractivity (Wildman–Crippen MR) is 85.4 cm³/mol. The molecule has 2 aromatic rings. The van der Waals surface area contributed by atoms with Crippen molar-refractivity contribution < 1.29 is 13.6 Å². The van der Waals surface area contributed by atoms with Gasteiger partial charge in [0.05, 0.1) is 0 Å². The maximum absolute atomic E-state index is 13.8. The minimum atomic E-state index is -0.372. The third-order valence-electron chi connectivity index (χ3n) is 3.88. The van der Waals surface area contributed by atoms with Crippen LogP contribution >= 0.6 is 0 Å². The van der Waals surface area contributed by atoms with Crippen LogP contribution < -0.4 is 0 Å². The molecule has 23 heavy (non-hydrogen) atoms. The fourth-order valence-electron chi connectivity index (χ4n) is 2.45. The Morgan fingerprint density at radius 2 is 1.70 bits per heavy atom. The first-order chi connectivity index (χ1) is 11.1. The normalized spacial score (nSPS) is 14.2. The molecule has 0 N–H and O–H groups in total. The van der Waals surface area contributed by atoms with Crippen LogP contribution in [0, 0.1) is 11.6 Å². The highest BCUT2D eigenvalue weighted by molar-refractivity contribution is 5.92. The lowest BCUT2D eigenvalue weighted by molar-refractivity contribution is -0.127. The largest absolute Gasteiger partial charge is 0.332 e. The van der Waals surface area contributed by atoms with Gasteiger partial charge in [-0.15, -0.1) is 0 Å². The van der Waals surface area contributed by atoms with Crippen molar-refractivity contribution in [3.8, 4) is 0 Å². The van der Waals surface area contributed by atoms with Crippen molar-refractivity contribution in [2.75, 3.05) is 0 Å². The Balaban J connectivity index is 1.75. The Bertz CT molecular complexity index is 738. The van der Waals surface area contributed by atoms with Gasteiger partial charge in [-0.1, -0.05) is 36.4 Å². The van der Waals surface area contributed by atoms with Crippen LogP contribution in [-0.2, 0) is 11.3 Å². The van der Waals surface area contributed by atoms with Crippen LogP contribution in [0.5, 0.6) is 0 Å². The zero-order chi connectivity index (χ0) is 16.2. The SMILES string of the molecule is O=C(/C=C/c1ccccc1F)N(Cc1ccccc1F)C1CC1. The topological polar surface area (TPSA) is 20.3 Å². The average molecular weight is 313 g/mol. The summed E-state index contributed by atoms with van der Waals surface area (Å²) in [5.41, 5.74) is 0.856. The molecule has 1 aliphatic carbocycles. The minimum absolute atomic E-state index is 0.146. The third kappa shape index (κ3) is 3.83. The molecule has 0 saturated heterocycles. The molecule has 0 atom stereocenters. The number of benzene rings is 2. The Morgan fingerprint density at radius 3 is 2.35 bits per heavy atom. The van der Waals surface area contributed by atoms with E-state index in [4.69, 9.17) is 0 Å². The lowest BCUT2D eigenvalue weighted by Crippen LogP contribution is -2.31. The number of carbonyl (C=O) groups is 1. The van der Waals surface area contributed by atoms with Gasteiger partial charge in [0.25, 0.3) is 0 Å². The van der Waals surface area contributed by atoms with E-state index in [0.717, 1.165) is 12.8 Å². The van der Waals surface area contributed by atoms with E-state index < -0.39 is 0 Å². The molecule has 2 nitrogen and oxygen atoms in total. The Kier molecular flexibility index (Phi) is 4.51. The lowest BCUT2D eigenvalue weighted by Gasteiger charge is -2.21. The van der Waals surface area contributed by atoms with Crippen molar-refractivity contribution in [1.29, 1.82) is 0 Å². The second kappa shape index (κ2) is 6.73. The lowest BCUT2D eigenvalue weighted by atomic mass is 10.1. The number of rotatable bonds is 5. The van der Waals surface area contributed by atoms with Crippen LogP contribution in [0.1, 0.15) is 24.0 Å². The standard InChI is InChI=1S/C19H17F2NO/c20-17-7-3-1-5-14(17)9-12-19(23)22(16-10-11-16)13-15-6-2-4-8-18(15)21/h1-9,12,16H,10-11,13H2/b12-9+. The van der Waals surface area contributed by atoms with Crippen molar-refractivity contribution >= 4 is 12.0 Å². The molecule has 4 heteroatoms. The molecule has 0 bridgehead atoms. The summed E-state index contributed by atoms with van der Waals surface area (Å²) in [4.78, 5) is 14.1. The van der Waals surface area contributed by atoms with Gasteiger partial charge < -0.3 is 4.90 Å². The molecule has 1 saturated carbocycles. The number of nitrogens with zero attached hydrogens (tertiary/aromatic N) is 1. The van der Waals surface area contributed by atoms with Crippen molar-refractivity contribution in [2.45, 2.75) is 25.4 Å². The zero-order valence-corrected chi connectivity index (χ0v) is 12.6. The Hall–Kier alpha value is -2.49. The second-order valence-corrected chi connectivity index (χ2v) is 5.64. The highest BCUT2D eigenvalue weighted by Crippen LogP contribution is 2.29. The molecule has 1 aliphatic rings. The van der Waals surface area contributed by atoms with Gasteiger partial charge in [-0.2, -0.15) is 0 Å². The smallest absolute Gasteiger partial charge is 0.247 e. The molecule has 0 radical (unpaired) electrons. The highest BCUT2D eigenvalue weighted by Gasteiger charge is 2.31. The molecule has 0 aliphatic heterocycles. The highest BCUT2D eigenvalue weighted by atomic mass is 19.1. The third-order valence-corrected chi connectivity index (χ3v) is 3.88. The second-order valence-electron chi connectivity index (χ2n) is 5.64. The minimum Gasteiger partial charge on any atom is -0.332 e. The summed E-state index contributed by atoms with van der Waals surface area (Å²) in [6.45, 7) is 0.234. The van der Waals surface area contributed by atoms with Crippen molar-refractivity contribution in [2.24, 2.45) is 0 Å². The summed E-state index contributed by atoms with van der Waals surface area (Å²) in [5, 5.41) is 0. The van der Waals surface area contributed by atoms with E-state index in [9.17, 15) is 13.6 Å². The quantitative estimate of drug-likeness (QED) is 0.759. The van der Waals surface area contributed by atoms with Gasteiger partial charge in [-0.25, -0.2) is 8.78 Å². The fourth-order valence-corrected chi connectivity index (χ4v) is 2.45. The first kappa shape index (κ1) is 15.4. The molecule has 0 spiro atoms. The molecule has 0 aromatic heterocycles. The molecule has 0 heterocycles.